The van der Waals surface area contributed by atoms with E-state index in [0.717, 1.165) is 38.2 Å². The predicted molar refractivity (Wildman–Crippen MR) is 129 cm³/mol. The van der Waals surface area contributed by atoms with Crippen LogP contribution in [0.5, 0.6) is 0 Å². The Balaban J connectivity index is 1.56. The van der Waals surface area contributed by atoms with Crippen LogP contribution in [0.15, 0.2) is 65.9 Å². The number of hydrogen-bond donors (Lipinski definition) is 2. The van der Waals surface area contributed by atoms with Gasteiger partial charge in [0.05, 0.1) is 18.2 Å². The van der Waals surface area contributed by atoms with E-state index in [2.05, 4.69) is 51.6 Å². The van der Waals surface area contributed by atoms with Gasteiger partial charge in [0.1, 0.15) is 0 Å². The molecule has 0 radical (unpaired) electrons. The van der Waals surface area contributed by atoms with Gasteiger partial charge in [0.25, 0.3) is 0 Å². The summed E-state index contributed by atoms with van der Waals surface area (Å²) in [5, 5.41) is 5.81. The molecule has 1 fully saturated rings. The first-order chi connectivity index (χ1) is 16.1. The maximum Gasteiger partial charge on any atom is 0.338 e. The lowest BCUT2D eigenvalue weighted by molar-refractivity contribution is -0.139. The number of urea groups is 1. The molecule has 2 heterocycles. The molecule has 2 amide bonds. The fourth-order valence-corrected chi connectivity index (χ4v) is 4.41. The topological polar surface area (TPSA) is 73.9 Å². The Morgan fingerprint density at radius 3 is 2.33 bits per heavy atom. The first kappa shape index (κ1) is 22.9. The number of para-hydroxylation sites is 1. The van der Waals surface area contributed by atoms with E-state index in [1.165, 1.54) is 11.3 Å². The van der Waals surface area contributed by atoms with Gasteiger partial charge in [0.2, 0.25) is 0 Å². The summed E-state index contributed by atoms with van der Waals surface area (Å²) in [6, 6.07) is 17.6. The van der Waals surface area contributed by atoms with Crippen molar-refractivity contribution in [3.63, 3.8) is 0 Å². The monoisotopic (exact) mass is 448 g/mol. The van der Waals surface area contributed by atoms with Gasteiger partial charge < -0.3 is 20.3 Å². The van der Waals surface area contributed by atoms with E-state index in [4.69, 9.17) is 4.74 Å². The third-order valence-corrected chi connectivity index (χ3v) is 6.25. The number of esters is 1. The smallest absolute Gasteiger partial charge is 0.338 e. The van der Waals surface area contributed by atoms with Crippen molar-refractivity contribution < 1.29 is 14.3 Å². The highest BCUT2D eigenvalue weighted by Crippen LogP contribution is 2.29. The van der Waals surface area contributed by atoms with Gasteiger partial charge in [-0.3, -0.25) is 4.90 Å². The van der Waals surface area contributed by atoms with Gasteiger partial charge >= 0.3 is 12.0 Å². The Labute approximate surface area is 195 Å². The molecule has 2 aromatic carbocycles. The number of amides is 2. The number of nitrogens with zero attached hydrogens (tertiary/aromatic N) is 2. The molecule has 7 nitrogen and oxygen atoms in total. The second kappa shape index (κ2) is 10.5. The minimum atomic E-state index is -0.538. The second-order valence-corrected chi connectivity index (χ2v) is 8.34. The SMILES string of the molecule is CCOC(=O)C1=C(CN2CCN(c3ccccc3)CC2)NC(=O)N[C@H]1c1ccc(CC)cc1. The van der Waals surface area contributed by atoms with Crippen LogP contribution in [0, 0.1) is 0 Å². The number of aryl methyl sites for hydroxylation is 1. The largest absolute Gasteiger partial charge is 0.463 e. The van der Waals surface area contributed by atoms with Crippen molar-refractivity contribution in [1.29, 1.82) is 0 Å². The third kappa shape index (κ3) is 5.37. The number of piperazine rings is 1. The molecule has 0 aromatic heterocycles. The molecule has 0 saturated carbocycles. The zero-order valence-corrected chi connectivity index (χ0v) is 19.3. The first-order valence-corrected chi connectivity index (χ1v) is 11.7. The molecule has 0 spiro atoms. The molecular formula is C26H32N4O3. The lowest BCUT2D eigenvalue weighted by atomic mass is 9.94. The lowest BCUT2D eigenvalue weighted by Gasteiger charge is -2.38. The lowest BCUT2D eigenvalue weighted by Crippen LogP contribution is -2.51. The fraction of sp³-hybridized carbons (Fsp3) is 0.385. The van der Waals surface area contributed by atoms with Gasteiger partial charge in [0, 0.05) is 44.1 Å². The number of rotatable bonds is 7. The average Bonchev–Trinajstić information content (AvgIpc) is 2.85. The summed E-state index contributed by atoms with van der Waals surface area (Å²) >= 11 is 0. The molecular weight excluding hydrogens is 416 g/mol. The normalized spacial score (nSPS) is 19.2. The molecule has 2 aliphatic rings. The van der Waals surface area contributed by atoms with Gasteiger partial charge in [-0.1, -0.05) is 49.4 Å². The van der Waals surface area contributed by atoms with Crippen LogP contribution in [0.1, 0.15) is 31.0 Å². The van der Waals surface area contributed by atoms with Gasteiger partial charge in [-0.25, -0.2) is 9.59 Å². The Kier molecular flexibility index (Phi) is 7.29. The predicted octanol–water partition coefficient (Wildman–Crippen LogP) is 3.24. The summed E-state index contributed by atoms with van der Waals surface area (Å²) in [5.41, 5.74) is 4.39. The molecule has 4 rings (SSSR count). The van der Waals surface area contributed by atoms with E-state index in [9.17, 15) is 9.59 Å². The zero-order valence-electron chi connectivity index (χ0n) is 19.3. The number of anilines is 1. The summed E-state index contributed by atoms with van der Waals surface area (Å²) in [6.07, 6.45) is 0.930. The van der Waals surface area contributed by atoms with E-state index in [1.807, 2.05) is 30.3 Å². The van der Waals surface area contributed by atoms with Crippen molar-refractivity contribution in [2.24, 2.45) is 0 Å². The summed E-state index contributed by atoms with van der Waals surface area (Å²) in [6.45, 7) is 8.12. The molecule has 1 atom stereocenters. The van der Waals surface area contributed by atoms with Crippen molar-refractivity contribution in [3.05, 3.63) is 77.0 Å². The standard InChI is InChI=1S/C26H32N4O3/c1-3-19-10-12-20(13-11-19)24-23(25(31)33-4-2)22(27-26(32)28-24)18-29-14-16-30(17-15-29)21-8-6-5-7-9-21/h5-13,24H,3-4,14-18H2,1-2H3,(H2,27,28,32)/t24-/m0/s1. The van der Waals surface area contributed by atoms with Crippen LogP contribution in [0.25, 0.3) is 0 Å². The van der Waals surface area contributed by atoms with Crippen LogP contribution in [0.2, 0.25) is 0 Å². The molecule has 0 bridgehead atoms. The van der Waals surface area contributed by atoms with E-state index in [1.54, 1.807) is 6.92 Å². The van der Waals surface area contributed by atoms with Crippen molar-refractivity contribution in [2.45, 2.75) is 26.3 Å². The van der Waals surface area contributed by atoms with Gasteiger partial charge in [-0.05, 0) is 36.6 Å². The van der Waals surface area contributed by atoms with Crippen LogP contribution in [0.4, 0.5) is 10.5 Å². The number of hydrogen-bond acceptors (Lipinski definition) is 5. The Hall–Kier alpha value is -3.32. The van der Waals surface area contributed by atoms with Crippen LogP contribution in [0.3, 0.4) is 0 Å². The molecule has 1 saturated heterocycles. The highest BCUT2D eigenvalue weighted by Gasteiger charge is 2.34. The number of carbonyl (C=O) groups is 2. The summed E-state index contributed by atoms with van der Waals surface area (Å²) in [7, 11) is 0. The Morgan fingerprint density at radius 1 is 1.00 bits per heavy atom. The molecule has 2 aromatic rings. The van der Waals surface area contributed by atoms with Crippen LogP contribution in [-0.4, -0.2) is 56.2 Å². The quantitative estimate of drug-likeness (QED) is 0.636. The highest BCUT2D eigenvalue weighted by atomic mass is 16.5. The Bertz CT molecular complexity index is 996. The fourth-order valence-electron chi connectivity index (χ4n) is 4.41. The second-order valence-electron chi connectivity index (χ2n) is 8.34. The zero-order chi connectivity index (χ0) is 23.2. The molecule has 0 unspecified atom stereocenters. The van der Waals surface area contributed by atoms with Crippen LogP contribution < -0.4 is 15.5 Å². The molecule has 33 heavy (non-hydrogen) atoms. The van der Waals surface area contributed by atoms with E-state index in [-0.39, 0.29) is 12.6 Å². The maximum absolute atomic E-state index is 13.0. The third-order valence-electron chi connectivity index (χ3n) is 6.25. The van der Waals surface area contributed by atoms with E-state index >= 15 is 0 Å². The van der Waals surface area contributed by atoms with Crippen LogP contribution in [-0.2, 0) is 16.0 Å². The van der Waals surface area contributed by atoms with Crippen molar-refractivity contribution in [3.8, 4) is 0 Å². The van der Waals surface area contributed by atoms with E-state index < -0.39 is 12.0 Å². The van der Waals surface area contributed by atoms with Crippen LogP contribution >= 0.6 is 0 Å². The molecule has 0 aliphatic carbocycles. The summed E-state index contributed by atoms with van der Waals surface area (Å²) in [5.74, 6) is -0.396. The van der Waals surface area contributed by atoms with Gasteiger partial charge in [0.15, 0.2) is 0 Å². The summed E-state index contributed by atoms with van der Waals surface area (Å²) < 4.78 is 5.39. The summed E-state index contributed by atoms with van der Waals surface area (Å²) in [4.78, 5) is 30.2. The molecule has 2 aliphatic heterocycles. The first-order valence-electron chi connectivity index (χ1n) is 11.7. The maximum atomic E-state index is 13.0. The number of ether oxygens (including phenoxy) is 1. The molecule has 174 valence electrons. The van der Waals surface area contributed by atoms with Crippen molar-refractivity contribution in [1.82, 2.24) is 15.5 Å². The minimum absolute atomic E-state index is 0.279. The van der Waals surface area contributed by atoms with Crippen molar-refractivity contribution in [2.75, 3.05) is 44.2 Å². The molecule has 7 heteroatoms. The minimum Gasteiger partial charge on any atom is -0.463 e. The van der Waals surface area contributed by atoms with E-state index in [0.29, 0.717) is 17.8 Å². The number of nitrogens with one attached hydrogen (secondary N) is 2. The highest BCUT2D eigenvalue weighted by molar-refractivity contribution is 5.95. The average molecular weight is 449 g/mol. The van der Waals surface area contributed by atoms with Gasteiger partial charge in [-0.15, -0.1) is 0 Å². The Morgan fingerprint density at radius 2 is 1.70 bits per heavy atom. The van der Waals surface area contributed by atoms with Gasteiger partial charge in [-0.2, -0.15) is 0 Å². The molecule has 2 N–H and O–H groups in total. The number of carbonyl (C=O) groups excluding carboxylic acids is 2. The number of benzene rings is 2. The van der Waals surface area contributed by atoms with Crippen molar-refractivity contribution >= 4 is 17.7 Å².